The van der Waals surface area contributed by atoms with Crippen LogP contribution in [0.3, 0.4) is 0 Å². The van der Waals surface area contributed by atoms with Gasteiger partial charge in [-0.15, -0.1) is 0 Å². The van der Waals surface area contributed by atoms with Crippen LogP contribution in [0.25, 0.3) is 0 Å². The molecular formula is C11H17N3O2. The van der Waals surface area contributed by atoms with Crippen LogP contribution < -0.4 is 11.1 Å². The summed E-state index contributed by atoms with van der Waals surface area (Å²) in [5.41, 5.74) is 6.12. The number of aromatic nitrogens is 1. The molecule has 0 fully saturated rings. The lowest BCUT2D eigenvalue weighted by molar-refractivity contribution is -0.123. The van der Waals surface area contributed by atoms with Crippen LogP contribution in [0.2, 0.25) is 0 Å². The molecule has 88 valence electrons. The van der Waals surface area contributed by atoms with E-state index in [0.29, 0.717) is 5.69 Å². The Kier molecular flexibility index (Phi) is 4.25. The maximum absolute atomic E-state index is 11.5. The van der Waals surface area contributed by atoms with E-state index in [1.54, 1.807) is 18.3 Å². The van der Waals surface area contributed by atoms with Gasteiger partial charge in [0.15, 0.2) is 5.78 Å². The highest BCUT2D eigenvalue weighted by Gasteiger charge is 2.17. The van der Waals surface area contributed by atoms with Crippen LogP contribution in [0.1, 0.15) is 24.3 Å². The maximum Gasteiger partial charge on any atom is 0.237 e. The highest BCUT2D eigenvalue weighted by Crippen LogP contribution is 1.98. The van der Waals surface area contributed by atoms with E-state index in [0.717, 1.165) is 0 Å². The number of ketones is 1. The Morgan fingerprint density at radius 2 is 2.19 bits per heavy atom. The van der Waals surface area contributed by atoms with Gasteiger partial charge in [0, 0.05) is 6.20 Å². The van der Waals surface area contributed by atoms with Crippen molar-refractivity contribution in [3.63, 3.8) is 0 Å². The number of hydrogen-bond acceptors (Lipinski definition) is 3. The molecule has 0 aliphatic rings. The average Bonchev–Trinajstić information content (AvgIpc) is 2.77. The SMILES string of the molecule is CC(C)[C@H](N)C(=O)NCC(=O)c1ccc[nH]1. The quantitative estimate of drug-likeness (QED) is 0.627. The monoisotopic (exact) mass is 223 g/mol. The second-order valence-corrected chi connectivity index (χ2v) is 3.99. The fourth-order valence-electron chi connectivity index (χ4n) is 1.19. The molecule has 0 unspecified atom stereocenters. The van der Waals surface area contributed by atoms with Crippen LogP contribution in [0.4, 0.5) is 0 Å². The summed E-state index contributed by atoms with van der Waals surface area (Å²) in [6.45, 7) is 3.69. The van der Waals surface area contributed by atoms with Gasteiger partial charge >= 0.3 is 0 Å². The van der Waals surface area contributed by atoms with Crippen LogP contribution in [-0.4, -0.2) is 29.3 Å². The maximum atomic E-state index is 11.5. The van der Waals surface area contributed by atoms with E-state index in [9.17, 15) is 9.59 Å². The molecular weight excluding hydrogens is 206 g/mol. The van der Waals surface area contributed by atoms with Crippen molar-refractivity contribution in [1.82, 2.24) is 10.3 Å². The average molecular weight is 223 g/mol. The molecule has 5 heteroatoms. The van der Waals surface area contributed by atoms with Gasteiger partial charge in [-0.2, -0.15) is 0 Å². The zero-order chi connectivity index (χ0) is 12.1. The summed E-state index contributed by atoms with van der Waals surface area (Å²) in [7, 11) is 0. The number of nitrogens with two attached hydrogens (primary N) is 1. The number of carbonyl (C=O) groups is 2. The van der Waals surface area contributed by atoms with Gasteiger partial charge < -0.3 is 16.0 Å². The van der Waals surface area contributed by atoms with Crippen molar-refractivity contribution in [3.05, 3.63) is 24.0 Å². The van der Waals surface area contributed by atoms with Gasteiger partial charge in [-0.05, 0) is 18.1 Å². The molecule has 1 aromatic rings. The van der Waals surface area contributed by atoms with Crippen LogP contribution in [0.5, 0.6) is 0 Å². The molecule has 0 saturated carbocycles. The van der Waals surface area contributed by atoms with Crippen molar-refractivity contribution in [2.75, 3.05) is 6.54 Å². The lowest BCUT2D eigenvalue weighted by atomic mass is 10.1. The van der Waals surface area contributed by atoms with E-state index in [1.165, 1.54) is 0 Å². The normalized spacial score (nSPS) is 12.5. The van der Waals surface area contributed by atoms with E-state index in [4.69, 9.17) is 5.73 Å². The van der Waals surface area contributed by atoms with Gasteiger partial charge in [0.25, 0.3) is 0 Å². The summed E-state index contributed by atoms with van der Waals surface area (Å²) >= 11 is 0. The first-order valence-electron chi connectivity index (χ1n) is 5.22. The third-order valence-corrected chi connectivity index (χ3v) is 2.34. The molecule has 0 aliphatic heterocycles. The van der Waals surface area contributed by atoms with Crippen LogP contribution in [0.15, 0.2) is 18.3 Å². The summed E-state index contributed by atoms with van der Waals surface area (Å²) in [6.07, 6.45) is 1.66. The number of hydrogen-bond donors (Lipinski definition) is 3. The van der Waals surface area contributed by atoms with Gasteiger partial charge in [0.1, 0.15) is 0 Å². The topological polar surface area (TPSA) is 88.0 Å². The summed E-state index contributed by atoms with van der Waals surface area (Å²) in [5.74, 6) is -0.398. The van der Waals surface area contributed by atoms with Crippen molar-refractivity contribution in [1.29, 1.82) is 0 Å². The van der Waals surface area contributed by atoms with Crippen molar-refractivity contribution in [3.8, 4) is 0 Å². The molecule has 1 heterocycles. The van der Waals surface area contributed by atoms with E-state index in [-0.39, 0.29) is 24.2 Å². The number of carbonyl (C=O) groups excluding carboxylic acids is 2. The predicted octanol–water partition coefficient (Wildman–Crippen LogP) is 0.297. The number of nitrogens with one attached hydrogen (secondary N) is 2. The lowest BCUT2D eigenvalue weighted by Gasteiger charge is -2.14. The molecule has 0 aliphatic carbocycles. The van der Waals surface area contributed by atoms with Crippen molar-refractivity contribution in [2.24, 2.45) is 11.7 Å². The van der Waals surface area contributed by atoms with Gasteiger partial charge in [0.05, 0.1) is 18.3 Å². The first-order valence-corrected chi connectivity index (χ1v) is 5.22. The first kappa shape index (κ1) is 12.4. The number of H-pyrrole nitrogens is 1. The van der Waals surface area contributed by atoms with Gasteiger partial charge in [-0.3, -0.25) is 9.59 Å². The molecule has 0 aromatic carbocycles. The third-order valence-electron chi connectivity index (χ3n) is 2.34. The molecule has 16 heavy (non-hydrogen) atoms. The Hall–Kier alpha value is -1.62. The van der Waals surface area contributed by atoms with E-state index >= 15 is 0 Å². The Labute approximate surface area is 94.4 Å². The predicted molar refractivity (Wildman–Crippen MR) is 60.9 cm³/mol. The highest BCUT2D eigenvalue weighted by molar-refractivity contribution is 5.98. The zero-order valence-electron chi connectivity index (χ0n) is 9.49. The molecule has 1 amide bonds. The molecule has 0 spiro atoms. The van der Waals surface area contributed by atoms with Crippen molar-refractivity contribution in [2.45, 2.75) is 19.9 Å². The zero-order valence-corrected chi connectivity index (χ0v) is 9.49. The number of Topliss-reactive ketones (excluding diaryl/α,β-unsaturated/α-hetero) is 1. The van der Waals surface area contributed by atoms with E-state index < -0.39 is 6.04 Å². The molecule has 0 bridgehead atoms. The smallest absolute Gasteiger partial charge is 0.237 e. The molecule has 4 N–H and O–H groups in total. The fourth-order valence-corrected chi connectivity index (χ4v) is 1.19. The fraction of sp³-hybridized carbons (Fsp3) is 0.455. The Balaban J connectivity index is 2.41. The Morgan fingerprint density at radius 1 is 1.50 bits per heavy atom. The number of rotatable bonds is 5. The number of aromatic amines is 1. The van der Waals surface area contributed by atoms with Crippen LogP contribution in [0, 0.1) is 5.92 Å². The minimum Gasteiger partial charge on any atom is -0.359 e. The third kappa shape index (κ3) is 3.20. The molecule has 0 radical (unpaired) electrons. The second-order valence-electron chi connectivity index (χ2n) is 3.99. The molecule has 5 nitrogen and oxygen atoms in total. The summed E-state index contributed by atoms with van der Waals surface area (Å²) in [5, 5.41) is 2.52. The van der Waals surface area contributed by atoms with Crippen molar-refractivity contribution >= 4 is 11.7 Å². The highest BCUT2D eigenvalue weighted by atomic mass is 16.2. The minimum absolute atomic E-state index is 0.0280. The largest absolute Gasteiger partial charge is 0.359 e. The Morgan fingerprint density at radius 3 is 2.69 bits per heavy atom. The van der Waals surface area contributed by atoms with Gasteiger partial charge in [-0.1, -0.05) is 13.8 Å². The standard InChI is InChI=1S/C11H17N3O2/c1-7(2)10(12)11(16)14-6-9(15)8-4-3-5-13-8/h3-5,7,10,13H,6,12H2,1-2H3,(H,14,16)/t10-/m0/s1. The number of amides is 1. The molecule has 0 saturated heterocycles. The van der Waals surface area contributed by atoms with E-state index in [2.05, 4.69) is 10.3 Å². The van der Waals surface area contributed by atoms with Gasteiger partial charge in [0.2, 0.25) is 5.91 Å². The van der Waals surface area contributed by atoms with Crippen LogP contribution in [-0.2, 0) is 4.79 Å². The summed E-state index contributed by atoms with van der Waals surface area (Å²) in [6, 6.07) is 2.82. The van der Waals surface area contributed by atoms with Gasteiger partial charge in [-0.25, -0.2) is 0 Å². The molecule has 1 aromatic heterocycles. The van der Waals surface area contributed by atoms with Crippen molar-refractivity contribution < 1.29 is 9.59 Å². The first-order chi connectivity index (χ1) is 7.52. The molecule has 1 atom stereocenters. The van der Waals surface area contributed by atoms with E-state index in [1.807, 2.05) is 13.8 Å². The molecule has 1 rings (SSSR count). The minimum atomic E-state index is -0.573. The summed E-state index contributed by atoms with van der Waals surface area (Å²) < 4.78 is 0. The second kappa shape index (κ2) is 5.46. The Bertz CT molecular complexity index is 357. The summed E-state index contributed by atoms with van der Waals surface area (Å²) in [4.78, 5) is 25.8. The van der Waals surface area contributed by atoms with Crippen LogP contribution >= 0.6 is 0 Å². The lowest BCUT2D eigenvalue weighted by Crippen LogP contribution is -2.45.